The summed E-state index contributed by atoms with van der Waals surface area (Å²) < 4.78 is 20.0. The van der Waals surface area contributed by atoms with Crippen molar-refractivity contribution in [1.82, 2.24) is 18.3 Å². The molecule has 0 amide bonds. The average Bonchev–Trinajstić information content (AvgIpc) is 4.06. The van der Waals surface area contributed by atoms with E-state index in [9.17, 15) is 11.9 Å². The van der Waals surface area contributed by atoms with Crippen LogP contribution >= 0.6 is 0 Å². The molecule has 4 aromatic heterocycles. The minimum Gasteiger partial charge on any atom is -0.330 e. The van der Waals surface area contributed by atoms with Crippen molar-refractivity contribution in [3.8, 4) is 12.1 Å². The second-order valence-corrected chi connectivity index (χ2v) is 16.0. The number of rotatable bonds is 4. The van der Waals surface area contributed by atoms with Gasteiger partial charge in [0, 0.05) is 54.1 Å². The summed E-state index contributed by atoms with van der Waals surface area (Å²) in [6.07, 6.45) is 0. The standard InChI is InChI=1S/C56H34N6/c57-33-43-53(59-45-25-9-1-17-35(45)36-18-2-10-26-46(36)59)44(34-58)55(61-49-29-13-5-21-39(49)40-22-6-14-30-50(40)61)56(62-51-31-15-7-23-41(51)42-24-8-16-32-52(42)62)54(43)60-47-27-11-3-19-37(47)38-20-4-12-28-48(38)60/h1-32,43,53H/i43D. The third-order valence-electron chi connectivity index (χ3n) is 13.0. The zero-order chi connectivity index (χ0) is 42.0. The van der Waals surface area contributed by atoms with Crippen molar-refractivity contribution in [3.05, 3.63) is 200 Å². The van der Waals surface area contributed by atoms with Gasteiger partial charge in [-0.25, -0.2) is 0 Å². The summed E-state index contributed by atoms with van der Waals surface area (Å²) in [5.74, 6) is -2.12. The fourth-order valence-electron chi connectivity index (χ4n) is 10.6. The summed E-state index contributed by atoms with van der Waals surface area (Å²) in [6, 6.07) is 70.5. The van der Waals surface area contributed by atoms with Crippen molar-refractivity contribution in [2.45, 2.75) is 6.04 Å². The predicted molar refractivity (Wildman–Crippen MR) is 254 cm³/mol. The Kier molecular flexibility index (Phi) is 6.95. The van der Waals surface area contributed by atoms with Crippen molar-refractivity contribution in [1.29, 1.82) is 10.5 Å². The second-order valence-electron chi connectivity index (χ2n) is 16.0. The monoisotopic (exact) mass is 791 g/mol. The van der Waals surface area contributed by atoms with E-state index < -0.39 is 11.9 Å². The second kappa shape index (κ2) is 13.0. The molecule has 2 atom stereocenters. The van der Waals surface area contributed by atoms with E-state index >= 15 is 0 Å². The zero-order valence-corrected chi connectivity index (χ0v) is 33.2. The van der Waals surface area contributed by atoms with Crippen molar-refractivity contribution in [3.63, 3.8) is 0 Å². The van der Waals surface area contributed by atoms with Gasteiger partial charge in [0.2, 0.25) is 0 Å². The molecule has 0 bridgehead atoms. The first-order chi connectivity index (χ1) is 31.1. The number of aromatic nitrogens is 4. The fourth-order valence-corrected chi connectivity index (χ4v) is 10.6. The quantitative estimate of drug-likeness (QED) is 0.178. The van der Waals surface area contributed by atoms with Crippen molar-refractivity contribution >= 4 is 104 Å². The summed E-state index contributed by atoms with van der Waals surface area (Å²) in [6.45, 7) is 0. The molecular weight excluding hydrogens is 757 g/mol. The van der Waals surface area contributed by atoms with Gasteiger partial charge in [-0.2, -0.15) is 10.5 Å². The molecule has 0 saturated heterocycles. The van der Waals surface area contributed by atoms with E-state index in [1.54, 1.807) is 0 Å². The molecule has 13 rings (SSSR count). The van der Waals surface area contributed by atoms with E-state index in [4.69, 9.17) is 0 Å². The zero-order valence-electron chi connectivity index (χ0n) is 34.2. The molecule has 6 heteroatoms. The number of hydrogen-bond acceptors (Lipinski definition) is 2. The first-order valence-corrected chi connectivity index (χ1v) is 20.9. The minimum absolute atomic E-state index is 0.311. The molecule has 288 valence electrons. The van der Waals surface area contributed by atoms with E-state index in [0.717, 1.165) is 87.2 Å². The van der Waals surface area contributed by atoms with Gasteiger partial charge in [-0.3, -0.25) is 0 Å². The lowest BCUT2D eigenvalue weighted by Crippen LogP contribution is -2.31. The van der Waals surface area contributed by atoms with Crippen LogP contribution in [0.3, 0.4) is 0 Å². The minimum atomic E-state index is -2.12. The maximum Gasteiger partial charge on any atom is 0.115 e. The normalized spacial score (nSPS) is 17.3. The number of nitrogens with zero attached hydrogens (tertiary/aromatic N) is 6. The van der Waals surface area contributed by atoms with E-state index in [-0.39, 0.29) is 0 Å². The Morgan fingerprint density at radius 1 is 0.355 bits per heavy atom. The van der Waals surface area contributed by atoms with E-state index in [2.05, 4.69) is 152 Å². The Bertz CT molecular complexity index is 3890. The average molecular weight is 792 g/mol. The highest BCUT2D eigenvalue weighted by molar-refractivity contribution is 6.22. The van der Waals surface area contributed by atoms with Crippen LogP contribution in [0.4, 0.5) is 0 Å². The lowest BCUT2D eigenvalue weighted by molar-refractivity contribution is 0.542. The molecule has 6 nitrogen and oxygen atoms in total. The highest BCUT2D eigenvalue weighted by Crippen LogP contribution is 2.54. The summed E-state index contributed by atoms with van der Waals surface area (Å²) in [5, 5.41) is 32.5. The largest absolute Gasteiger partial charge is 0.330 e. The molecule has 0 saturated carbocycles. The first-order valence-electron chi connectivity index (χ1n) is 21.4. The van der Waals surface area contributed by atoms with Crippen LogP contribution in [-0.4, -0.2) is 18.3 Å². The fraction of sp³-hybridized carbons (Fsp3) is 0.0357. The molecule has 1 aliphatic rings. The van der Waals surface area contributed by atoms with E-state index in [0.29, 0.717) is 22.7 Å². The van der Waals surface area contributed by atoms with Crippen molar-refractivity contribution < 1.29 is 1.37 Å². The highest BCUT2D eigenvalue weighted by Gasteiger charge is 2.44. The highest BCUT2D eigenvalue weighted by atomic mass is 15.2. The van der Waals surface area contributed by atoms with Crippen LogP contribution in [0.15, 0.2) is 200 Å². The molecule has 8 aromatic carbocycles. The summed E-state index contributed by atoms with van der Waals surface area (Å²) in [4.78, 5) is 0. The number of benzene rings is 8. The van der Waals surface area contributed by atoms with Gasteiger partial charge in [0.05, 0.1) is 75.3 Å². The third-order valence-corrected chi connectivity index (χ3v) is 13.0. The molecular formula is C56H34N6. The Labute approximate surface area is 356 Å². The number of hydrogen-bond donors (Lipinski definition) is 0. The number of fused-ring (bicyclic) bond motifs is 12. The third kappa shape index (κ3) is 4.45. The maximum atomic E-state index is 12.2. The molecule has 2 unspecified atom stereocenters. The molecule has 0 radical (unpaired) electrons. The molecule has 0 spiro atoms. The van der Waals surface area contributed by atoms with Crippen LogP contribution < -0.4 is 0 Å². The lowest BCUT2D eigenvalue weighted by atomic mass is 9.82. The summed E-state index contributed by atoms with van der Waals surface area (Å²) in [7, 11) is 0. The van der Waals surface area contributed by atoms with E-state index in [1.165, 1.54) is 0 Å². The molecule has 1 aliphatic carbocycles. The molecule has 0 fully saturated rings. The van der Waals surface area contributed by atoms with Gasteiger partial charge in [0.25, 0.3) is 0 Å². The van der Waals surface area contributed by atoms with E-state index in [1.807, 2.05) is 72.8 Å². The molecule has 0 aliphatic heterocycles. The van der Waals surface area contributed by atoms with Gasteiger partial charge in [-0.1, -0.05) is 146 Å². The van der Waals surface area contributed by atoms with Gasteiger partial charge in [0.1, 0.15) is 5.89 Å². The molecule has 4 heterocycles. The Morgan fingerprint density at radius 2 is 0.629 bits per heavy atom. The maximum absolute atomic E-state index is 12.2. The van der Waals surface area contributed by atoms with Crippen LogP contribution in [0.1, 0.15) is 7.41 Å². The van der Waals surface area contributed by atoms with Gasteiger partial charge >= 0.3 is 0 Å². The number of nitriles is 2. The molecule has 12 aromatic rings. The lowest BCUT2D eigenvalue weighted by Gasteiger charge is -2.37. The van der Waals surface area contributed by atoms with Crippen LogP contribution in [-0.2, 0) is 0 Å². The topological polar surface area (TPSA) is 67.3 Å². The van der Waals surface area contributed by atoms with Crippen LogP contribution in [0.5, 0.6) is 0 Å². The first kappa shape index (κ1) is 33.3. The SMILES string of the molecule is [2H]C1(C#N)C(n2c3ccccc3c3ccccc32)=C(n2c3ccccc3c3ccccc32)C(n2c3ccccc3c3ccccc32)=C(C#N)C1n1c2ccccc2c2ccccc21. The smallest absolute Gasteiger partial charge is 0.115 e. The van der Waals surface area contributed by atoms with Gasteiger partial charge in [0.15, 0.2) is 0 Å². The molecule has 62 heavy (non-hydrogen) atoms. The predicted octanol–water partition coefficient (Wildman–Crippen LogP) is 13.8. The van der Waals surface area contributed by atoms with Gasteiger partial charge < -0.3 is 18.3 Å². The van der Waals surface area contributed by atoms with Gasteiger partial charge in [-0.05, 0) is 48.5 Å². The van der Waals surface area contributed by atoms with Crippen LogP contribution in [0.25, 0.3) is 104 Å². The molecule has 0 N–H and O–H groups in total. The van der Waals surface area contributed by atoms with Crippen LogP contribution in [0.2, 0.25) is 0 Å². The van der Waals surface area contributed by atoms with Gasteiger partial charge in [-0.15, -0.1) is 0 Å². The summed E-state index contributed by atoms with van der Waals surface area (Å²) in [5.41, 5.74) is 9.01. The Morgan fingerprint density at radius 3 is 0.952 bits per heavy atom. The van der Waals surface area contributed by atoms with Crippen molar-refractivity contribution in [2.75, 3.05) is 0 Å². The van der Waals surface area contributed by atoms with Crippen molar-refractivity contribution in [2.24, 2.45) is 5.89 Å². The summed E-state index contributed by atoms with van der Waals surface area (Å²) >= 11 is 0. The number of para-hydroxylation sites is 8. The number of allylic oxidation sites excluding steroid dienone is 4. The Hall–Kier alpha value is -8.58. The van der Waals surface area contributed by atoms with Crippen LogP contribution in [0, 0.1) is 28.6 Å². The Balaban J connectivity index is 1.36.